The number of nitrogen functional groups attached to an aromatic ring is 1. The normalized spacial score (nSPS) is 10.6. The molecule has 2 aromatic rings. The van der Waals surface area contributed by atoms with Crippen LogP contribution in [0.25, 0.3) is 11.1 Å². The summed E-state index contributed by atoms with van der Waals surface area (Å²) in [4.78, 5) is 4.12. The van der Waals surface area contributed by atoms with E-state index in [0.717, 1.165) is 42.3 Å². The van der Waals surface area contributed by atoms with E-state index in [4.69, 9.17) is 10.5 Å². The molecule has 5 nitrogen and oxygen atoms in total. The Morgan fingerprint density at radius 2 is 2.37 bits per heavy atom. The SMILES string of the molecule is CCOCCCNc1snc(N)c1-c1cccnc1. The third kappa shape index (κ3) is 3.65. The summed E-state index contributed by atoms with van der Waals surface area (Å²) in [5, 5.41) is 4.35. The number of hydrogen-bond donors (Lipinski definition) is 2. The van der Waals surface area contributed by atoms with E-state index >= 15 is 0 Å². The van der Waals surface area contributed by atoms with E-state index in [-0.39, 0.29) is 0 Å². The zero-order valence-corrected chi connectivity index (χ0v) is 11.7. The Labute approximate surface area is 117 Å². The van der Waals surface area contributed by atoms with E-state index in [2.05, 4.69) is 14.7 Å². The highest BCUT2D eigenvalue weighted by Crippen LogP contribution is 2.36. The van der Waals surface area contributed by atoms with E-state index in [0.29, 0.717) is 5.82 Å². The summed E-state index contributed by atoms with van der Waals surface area (Å²) in [7, 11) is 0. The molecular weight excluding hydrogens is 260 g/mol. The fourth-order valence-corrected chi connectivity index (χ4v) is 2.49. The van der Waals surface area contributed by atoms with Crippen molar-refractivity contribution >= 4 is 22.4 Å². The molecule has 0 aromatic carbocycles. The second-order valence-electron chi connectivity index (χ2n) is 3.99. The maximum Gasteiger partial charge on any atom is 0.147 e. The van der Waals surface area contributed by atoms with Crippen molar-refractivity contribution in [3.05, 3.63) is 24.5 Å². The van der Waals surface area contributed by atoms with E-state index in [9.17, 15) is 0 Å². The molecule has 0 amide bonds. The number of nitrogens with one attached hydrogen (secondary N) is 1. The number of ether oxygens (including phenoxy) is 1. The first-order chi connectivity index (χ1) is 9.33. The number of nitrogens with two attached hydrogens (primary N) is 1. The van der Waals surface area contributed by atoms with Crippen molar-refractivity contribution in [2.75, 3.05) is 30.8 Å². The van der Waals surface area contributed by atoms with Crippen molar-refractivity contribution in [3.8, 4) is 11.1 Å². The van der Waals surface area contributed by atoms with Crippen molar-refractivity contribution in [3.63, 3.8) is 0 Å². The Kier molecular flexibility index (Phi) is 5.11. The first-order valence-corrected chi connectivity index (χ1v) is 7.07. The molecule has 19 heavy (non-hydrogen) atoms. The van der Waals surface area contributed by atoms with E-state index in [1.807, 2.05) is 19.1 Å². The molecule has 2 heterocycles. The fraction of sp³-hybridized carbons (Fsp3) is 0.385. The van der Waals surface area contributed by atoms with Crippen LogP contribution in [0.4, 0.5) is 10.8 Å². The molecule has 0 aliphatic rings. The average molecular weight is 278 g/mol. The van der Waals surface area contributed by atoms with Crippen LogP contribution in [0.5, 0.6) is 0 Å². The van der Waals surface area contributed by atoms with Crippen LogP contribution < -0.4 is 11.1 Å². The minimum Gasteiger partial charge on any atom is -0.382 e. The summed E-state index contributed by atoms with van der Waals surface area (Å²) in [5.41, 5.74) is 7.86. The lowest BCUT2D eigenvalue weighted by Gasteiger charge is -2.07. The van der Waals surface area contributed by atoms with Gasteiger partial charge >= 0.3 is 0 Å². The summed E-state index contributed by atoms with van der Waals surface area (Å²) in [6.07, 6.45) is 4.50. The van der Waals surface area contributed by atoms with Crippen LogP contribution in [-0.2, 0) is 4.74 Å². The summed E-state index contributed by atoms with van der Waals surface area (Å²) in [6, 6.07) is 3.88. The van der Waals surface area contributed by atoms with Crippen molar-refractivity contribution in [2.45, 2.75) is 13.3 Å². The number of pyridine rings is 1. The zero-order chi connectivity index (χ0) is 13.5. The molecule has 0 fully saturated rings. The Balaban J connectivity index is 2.02. The molecular formula is C13H18N4OS. The highest BCUT2D eigenvalue weighted by atomic mass is 32.1. The second-order valence-corrected chi connectivity index (χ2v) is 4.76. The molecule has 102 valence electrons. The van der Waals surface area contributed by atoms with Gasteiger partial charge in [0, 0.05) is 37.7 Å². The lowest BCUT2D eigenvalue weighted by molar-refractivity contribution is 0.147. The van der Waals surface area contributed by atoms with Gasteiger partial charge in [-0.1, -0.05) is 6.07 Å². The van der Waals surface area contributed by atoms with Gasteiger partial charge in [0.1, 0.15) is 10.8 Å². The summed E-state index contributed by atoms with van der Waals surface area (Å²) in [5.74, 6) is 0.547. The molecule has 2 aromatic heterocycles. The highest BCUT2D eigenvalue weighted by Gasteiger charge is 2.13. The lowest BCUT2D eigenvalue weighted by atomic mass is 10.1. The summed E-state index contributed by atoms with van der Waals surface area (Å²) >= 11 is 1.38. The molecule has 0 unspecified atom stereocenters. The molecule has 0 aliphatic carbocycles. The van der Waals surface area contributed by atoms with Crippen molar-refractivity contribution in [1.29, 1.82) is 0 Å². The fourth-order valence-electron chi connectivity index (χ4n) is 1.73. The van der Waals surface area contributed by atoms with Gasteiger partial charge in [0.2, 0.25) is 0 Å². The monoisotopic (exact) mass is 278 g/mol. The number of hydrogen-bond acceptors (Lipinski definition) is 6. The van der Waals surface area contributed by atoms with Crippen LogP contribution in [0.15, 0.2) is 24.5 Å². The molecule has 0 atom stereocenters. The van der Waals surface area contributed by atoms with Crippen molar-refractivity contribution < 1.29 is 4.74 Å². The van der Waals surface area contributed by atoms with Gasteiger partial charge in [-0.05, 0) is 30.9 Å². The van der Waals surface area contributed by atoms with Gasteiger partial charge in [-0.3, -0.25) is 4.98 Å². The third-order valence-corrected chi connectivity index (χ3v) is 3.44. The van der Waals surface area contributed by atoms with Gasteiger partial charge in [-0.15, -0.1) is 0 Å². The minimum absolute atomic E-state index is 0.547. The molecule has 6 heteroatoms. The Bertz CT molecular complexity index is 501. The number of anilines is 2. The van der Waals surface area contributed by atoms with E-state index in [1.54, 1.807) is 12.4 Å². The maximum absolute atomic E-state index is 5.93. The number of nitrogens with zero attached hydrogens (tertiary/aromatic N) is 2. The van der Waals surface area contributed by atoms with Crippen LogP contribution in [0, 0.1) is 0 Å². The predicted molar refractivity (Wildman–Crippen MR) is 79.4 cm³/mol. The smallest absolute Gasteiger partial charge is 0.147 e. The Hall–Kier alpha value is -1.66. The number of rotatable bonds is 7. The van der Waals surface area contributed by atoms with Crippen LogP contribution >= 0.6 is 11.5 Å². The Morgan fingerprint density at radius 1 is 1.47 bits per heavy atom. The molecule has 0 saturated heterocycles. The summed E-state index contributed by atoms with van der Waals surface area (Å²) in [6.45, 7) is 4.36. The average Bonchev–Trinajstić information content (AvgIpc) is 2.81. The van der Waals surface area contributed by atoms with Crippen LogP contribution in [0.3, 0.4) is 0 Å². The van der Waals surface area contributed by atoms with E-state index < -0.39 is 0 Å². The highest BCUT2D eigenvalue weighted by molar-refractivity contribution is 7.11. The minimum atomic E-state index is 0.547. The second kappa shape index (κ2) is 7.06. The van der Waals surface area contributed by atoms with E-state index in [1.165, 1.54) is 11.5 Å². The third-order valence-electron chi connectivity index (χ3n) is 2.62. The van der Waals surface area contributed by atoms with Gasteiger partial charge in [0.15, 0.2) is 0 Å². The molecule has 0 aliphatic heterocycles. The van der Waals surface area contributed by atoms with Crippen molar-refractivity contribution in [1.82, 2.24) is 9.36 Å². The molecule has 3 N–H and O–H groups in total. The van der Waals surface area contributed by atoms with Crippen LogP contribution in [0.2, 0.25) is 0 Å². The maximum atomic E-state index is 5.93. The molecule has 0 radical (unpaired) electrons. The summed E-state index contributed by atoms with van der Waals surface area (Å²) < 4.78 is 9.51. The largest absolute Gasteiger partial charge is 0.382 e. The van der Waals surface area contributed by atoms with Gasteiger partial charge in [0.05, 0.1) is 5.56 Å². The first-order valence-electron chi connectivity index (χ1n) is 6.30. The van der Waals surface area contributed by atoms with Gasteiger partial charge in [-0.2, -0.15) is 4.37 Å². The quantitative estimate of drug-likeness (QED) is 0.762. The standard InChI is InChI=1S/C13H18N4OS/c1-2-18-8-4-7-16-13-11(12(14)17-19-13)10-5-3-6-15-9-10/h3,5-6,9,16H,2,4,7-8H2,1H3,(H2,14,17). The lowest BCUT2D eigenvalue weighted by Crippen LogP contribution is -2.05. The molecule has 2 rings (SSSR count). The molecule has 0 bridgehead atoms. The van der Waals surface area contributed by atoms with Crippen molar-refractivity contribution in [2.24, 2.45) is 0 Å². The van der Waals surface area contributed by atoms with Gasteiger partial charge in [0.25, 0.3) is 0 Å². The van der Waals surface area contributed by atoms with Crippen LogP contribution in [0.1, 0.15) is 13.3 Å². The van der Waals surface area contributed by atoms with Gasteiger partial charge < -0.3 is 15.8 Å². The topological polar surface area (TPSA) is 73.1 Å². The predicted octanol–water partition coefficient (Wildman–Crippen LogP) is 2.63. The number of aromatic nitrogens is 2. The van der Waals surface area contributed by atoms with Crippen LogP contribution in [-0.4, -0.2) is 29.1 Å². The zero-order valence-electron chi connectivity index (χ0n) is 10.9. The first kappa shape index (κ1) is 13.8. The molecule has 0 saturated carbocycles. The molecule has 0 spiro atoms. The Morgan fingerprint density at radius 3 is 3.11 bits per heavy atom. The van der Waals surface area contributed by atoms with Gasteiger partial charge in [-0.25, -0.2) is 0 Å².